The van der Waals surface area contributed by atoms with Crippen molar-refractivity contribution in [2.75, 3.05) is 35.5 Å². The standard InChI is InChI=1S/C33H30O6/c1-34-25-11-9-23(10-12-25)33-32(24-17-28(37-4)20-29(18-24)38-5)30-16-21(8-13-31(30)39-33)6-7-22-14-26(35-2)19-27(15-22)36-3/h6-20H,1-5H3/b7-6+. The molecule has 1 aromatic heterocycles. The number of rotatable bonds is 9. The van der Waals surface area contributed by atoms with Gasteiger partial charge in [-0.2, -0.15) is 0 Å². The van der Waals surface area contributed by atoms with Crippen molar-refractivity contribution in [2.24, 2.45) is 0 Å². The Bertz CT molecular complexity index is 1580. The summed E-state index contributed by atoms with van der Waals surface area (Å²) in [6.45, 7) is 0. The minimum atomic E-state index is 0.697. The molecule has 5 rings (SSSR count). The lowest BCUT2D eigenvalue weighted by molar-refractivity contribution is 0.394. The molecule has 4 aromatic carbocycles. The maximum Gasteiger partial charge on any atom is 0.143 e. The Morgan fingerprint density at radius 3 is 1.59 bits per heavy atom. The number of hydrogen-bond donors (Lipinski definition) is 0. The van der Waals surface area contributed by atoms with Gasteiger partial charge in [0.1, 0.15) is 40.1 Å². The van der Waals surface area contributed by atoms with Crippen LogP contribution in [-0.4, -0.2) is 35.5 Å². The summed E-state index contributed by atoms with van der Waals surface area (Å²) in [6, 6.07) is 25.6. The second-order valence-electron chi connectivity index (χ2n) is 8.87. The predicted octanol–water partition coefficient (Wildman–Crippen LogP) is 7.98. The van der Waals surface area contributed by atoms with Gasteiger partial charge in [0.15, 0.2) is 0 Å². The van der Waals surface area contributed by atoms with Crippen LogP contribution in [0, 0.1) is 0 Å². The topological polar surface area (TPSA) is 59.3 Å². The highest BCUT2D eigenvalue weighted by Gasteiger charge is 2.20. The first-order chi connectivity index (χ1) is 19.0. The quantitative estimate of drug-likeness (QED) is 0.183. The van der Waals surface area contributed by atoms with E-state index in [9.17, 15) is 0 Å². The summed E-state index contributed by atoms with van der Waals surface area (Å²) in [4.78, 5) is 0. The predicted molar refractivity (Wildman–Crippen MR) is 155 cm³/mol. The Morgan fingerprint density at radius 2 is 1.03 bits per heavy atom. The molecule has 0 saturated carbocycles. The van der Waals surface area contributed by atoms with Gasteiger partial charge in [-0.05, 0) is 77.4 Å². The average Bonchev–Trinajstić information content (AvgIpc) is 3.38. The highest BCUT2D eigenvalue weighted by atomic mass is 16.5. The third-order valence-corrected chi connectivity index (χ3v) is 6.55. The molecule has 198 valence electrons. The average molecular weight is 523 g/mol. The highest BCUT2D eigenvalue weighted by Crippen LogP contribution is 2.43. The van der Waals surface area contributed by atoms with Crippen molar-refractivity contribution >= 4 is 23.1 Å². The van der Waals surface area contributed by atoms with Gasteiger partial charge in [-0.25, -0.2) is 0 Å². The number of benzene rings is 4. The van der Waals surface area contributed by atoms with Crippen LogP contribution in [0.5, 0.6) is 28.7 Å². The molecule has 6 heteroatoms. The van der Waals surface area contributed by atoms with Crippen molar-refractivity contribution in [2.45, 2.75) is 0 Å². The van der Waals surface area contributed by atoms with Crippen LogP contribution in [0.2, 0.25) is 0 Å². The van der Waals surface area contributed by atoms with Crippen LogP contribution < -0.4 is 23.7 Å². The molecule has 5 aromatic rings. The molecule has 0 aliphatic rings. The van der Waals surface area contributed by atoms with Gasteiger partial charge < -0.3 is 28.1 Å². The van der Waals surface area contributed by atoms with Gasteiger partial charge in [0.2, 0.25) is 0 Å². The molecule has 0 atom stereocenters. The van der Waals surface area contributed by atoms with E-state index in [4.69, 9.17) is 28.1 Å². The van der Waals surface area contributed by atoms with Crippen LogP contribution in [0.3, 0.4) is 0 Å². The first-order valence-electron chi connectivity index (χ1n) is 12.4. The third kappa shape index (κ3) is 5.41. The van der Waals surface area contributed by atoms with Gasteiger partial charge in [0, 0.05) is 28.6 Å². The monoisotopic (exact) mass is 522 g/mol. The first kappa shape index (κ1) is 25.8. The molecule has 0 aliphatic heterocycles. The number of fused-ring (bicyclic) bond motifs is 1. The van der Waals surface area contributed by atoms with E-state index in [0.717, 1.165) is 61.8 Å². The highest BCUT2D eigenvalue weighted by molar-refractivity contribution is 6.03. The van der Waals surface area contributed by atoms with E-state index in [2.05, 4.69) is 12.1 Å². The summed E-state index contributed by atoms with van der Waals surface area (Å²) in [6.07, 6.45) is 4.09. The molecule has 0 saturated heterocycles. The van der Waals surface area contributed by atoms with E-state index in [1.807, 2.05) is 78.9 Å². The third-order valence-electron chi connectivity index (χ3n) is 6.55. The zero-order valence-electron chi connectivity index (χ0n) is 22.6. The van der Waals surface area contributed by atoms with Gasteiger partial charge in [-0.15, -0.1) is 0 Å². The number of methoxy groups -OCH3 is 5. The first-order valence-corrected chi connectivity index (χ1v) is 12.4. The van der Waals surface area contributed by atoms with Crippen molar-refractivity contribution in [1.82, 2.24) is 0 Å². The van der Waals surface area contributed by atoms with Gasteiger partial charge in [-0.3, -0.25) is 0 Å². The van der Waals surface area contributed by atoms with E-state index in [0.29, 0.717) is 11.5 Å². The van der Waals surface area contributed by atoms with Crippen LogP contribution >= 0.6 is 0 Å². The Kier molecular flexibility index (Phi) is 7.46. The van der Waals surface area contributed by atoms with Gasteiger partial charge in [0.25, 0.3) is 0 Å². The van der Waals surface area contributed by atoms with Crippen molar-refractivity contribution < 1.29 is 28.1 Å². The fourth-order valence-electron chi connectivity index (χ4n) is 4.52. The van der Waals surface area contributed by atoms with E-state index in [1.165, 1.54) is 0 Å². The fourth-order valence-corrected chi connectivity index (χ4v) is 4.52. The zero-order chi connectivity index (χ0) is 27.4. The number of hydrogen-bond acceptors (Lipinski definition) is 6. The van der Waals surface area contributed by atoms with Crippen molar-refractivity contribution in [3.63, 3.8) is 0 Å². The maximum atomic E-state index is 6.46. The molecule has 1 heterocycles. The molecular formula is C33H30O6. The van der Waals surface area contributed by atoms with E-state index in [1.54, 1.807) is 35.5 Å². The Balaban J connectivity index is 1.66. The Labute approximate surface area is 228 Å². The summed E-state index contributed by atoms with van der Waals surface area (Å²) < 4.78 is 33.8. The molecule has 0 bridgehead atoms. The Hall–Kier alpha value is -4.84. The number of ether oxygens (including phenoxy) is 5. The van der Waals surface area contributed by atoms with Crippen molar-refractivity contribution in [1.29, 1.82) is 0 Å². The van der Waals surface area contributed by atoms with Crippen LogP contribution in [0.4, 0.5) is 0 Å². The van der Waals surface area contributed by atoms with E-state index < -0.39 is 0 Å². The molecule has 6 nitrogen and oxygen atoms in total. The summed E-state index contributed by atoms with van der Waals surface area (Å²) >= 11 is 0. The molecule has 0 N–H and O–H groups in total. The lowest BCUT2D eigenvalue weighted by Gasteiger charge is -2.10. The normalized spacial score (nSPS) is 11.1. The maximum absolute atomic E-state index is 6.46. The molecule has 0 fully saturated rings. The molecule has 39 heavy (non-hydrogen) atoms. The van der Waals surface area contributed by atoms with Crippen LogP contribution in [0.25, 0.3) is 45.6 Å². The van der Waals surface area contributed by atoms with E-state index >= 15 is 0 Å². The zero-order valence-corrected chi connectivity index (χ0v) is 22.6. The van der Waals surface area contributed by atoms with Crippen LogP contribution in [0.1, 0.15) is 11.1 Å². The second-order valence-corrected chi connectivity index (χ2v) is 8.87. The van der Waals surface area contributed by atoms with Gasteiger partial charge in [0.05, 0.1) is 35.5 Å². The summed E-state index contributed by atoms with van der Waals surface area (Å²) in [5, 5.41) is 0.974. The molecule has 0 amide bonds. The molecule has 0 spiro atoms. The van der Waals surface area contributed by atoms with Crippen molar-refractivity contribution in [3.05, 3.63) is 90.0 Å². The van der Waals surface area contributed by atoms with E-state index in [-0.39, 0.29) is 0 Å². The van der Waals surface area contributed by atoms with Crippen molar-refractivity contribution in [3.8, 4) is 51.2 Å². The molecule has 0 radical (unpaired) electrons. The summed E-state index contributed by atoms with van der Waals surface area (Å²) in [5.74, 6) is 4.39. The lowest BCUT2D eigenvalue weighted by Crippen LogP contribution is -1.90. The number of furan rings is 1. The Morgan fingerprint density at radius 1 is 0.487 bits per heavy atom. The summed E-state index contributed by atoms with van der Waals surface area (Å²) in [7, 11) is 8.23. The van der Waals surface area contributed by atoms with Gasteiger partial charge in [-0.1, -0.05) is 18.2 Å². The SMILES string of the molecule is COc1ccc(-c2oc3ccc(/C=C/c4cc(OC)cc(OC)c4)cc3c2-c2cc(OC)cc(OC)c2)cc1. The largest absolute Gasteiger partial charge is 0.497 e. The smallest absolute Gasteiger partial charge is 0.143 e. The molecule has 0 aliphatic carbocycles. The minimum Gasteiger partial charge on any atom is -0.497 e. The fraction of sp³-hybridized carbons (Fsp3) is 0.152. The van der Waals surface area contributed by atoms with Gasteiger partial charge >= 0.3 is 0 Å². The minimum absolute atomic E-state index is 0.697. The second kappa shape index (κ2) is 11.3. The molecular weight excluding hydrogens is 492 g/mol. The van der Waals surface area contributed by atoms with Crippen LogP contribution in [-0.2, 0) is 0 Å². The molecule has 0 unspecified atom stereocenters. The van der Waals surface area contributed by atoms with Crippen LogP contribution in [0.15, 0.2) is 83.3 Å². The summed E-state index contributed by atoms with van der Waals surface area (Å²) in [5.41, 5.74) is 5.57. The lowest BCUT2D eigenvalue weighted by atomic mass is 9.97.